The molecule has 0 unspecified atom stereocenters. The van der Waals surface area contributed by atoms with Crippen LogP contribution in [-0.4, -0.2) is 66.5 Å². The first-order valence-corrected chi connectivity index (χ1v) is 9.84. The minimum absolute atomic E-state index is 0.152. The monoisotopic (exact) mass is 376 g/mol. The molecule has 2 fully saturated rings. The number of likely N-dealkylation sites (N-methyl/N-ethyl adjacent to an activating group) is 1. The number of esters is 2. The van der Waals surface area contributed by atoms with Gasteiger partial charge in [0.2, 0.25) is 0 Å². The zero-order chi connectivity index (χ0) is 19.4. The van der Waals surface area contributed by atoms with E-state index >= 15 is 0 Å². The Morgan fingerprint density at radius 3 is 2.37 bits per heavy atom. The maximum absolute atomic E-state index is 12.6. The van der Waals surface area contributed by atoms with Crippen molar-refractivity contribution in [3.63, 3.8) is 0 Å². The van der Waals surface area contributed by atoms with Crippen LogP contribution in [0.1, 0.15) is 44.1 Å². The number of hydrogen-bond acceptors (Lipinski definition) is 5. The molecule has 0 spiro atoms. The van der Waals surface area contributed by atoms with E-state index in [2.05, 4.69) is 7.05 Å². The number of nitrogens with zero attached hydrogens (tertiary/aromatic N) is 1. The summed E-state index contributed by atoms with van der Waals surface area (Å²) < 4.78 is 11.6. The van der Waals surface area contributed by atoms with Crippen molar-refractivity contribution in [1.82, 2.24) is 0 Å². The molecule has 6 nitrogen and oxygen atoms in total. The SMILES string of the molecule is CCOC(=O)C[N+]1(C)[C@H]2CC[C@H]1CC(OC(=O)[C@@H](CO)c1ccccc1)C2. The number of carbonyl (C=O) groups is 2. The minimum atomic E-state index is -0.647. The van der Waals surface area contributed by atoms with E-state index in [-0.39, 0.29) is 24.6 Å². The van der Waals surface area contributed by atoms with Crippen LogP contribution >= 0.6 is 0 Å². The summed E-state index contributed by atoms with van der Waals surface area (Å²) in [5.41, 5.74) is 0.770. The Bertz CT molecular complexity index is 648. The van der Waals surface area contributed by atoms with Gasteiger partial charge in [0.05, 0.1) is 32.3 Å². The molecule has 0 aromatic heterocycles. The molecule has 27 heavy (non-hydrogen) atoms. The van der Waals surface area contributed by atoms with Gasteiger partial charge in [0.15, 0.2) is 6.54 Å². The lowest BCUT2D eigenvalue weighted by molar-refractivity contribution is -0.942. The molecule has 2 bridgehead atoms. The predicted octanol–water partition coefficient (Wildman–Crippen LogP) is 2.01. The largest absolute Gasteiger partial charge is 0.462 e. The molecule has 148 valence electrons. The van der Waals surface area contributed by atoms with Gasteiger partial charge in [-0.1, -0.05) is 30.3 Å². The van der Waals surface area contributed by atoms with E-state index in [0.29, 0.717) is 29.7 Å². The number of rotatable bonds is 7. The van der Waals surface area contributed by atoms with Crippen molar-refractivity contribution < 1.29 is 28.7 Å². The maximum atomic E-state index is 12.6. The first kappa shape index (κ1) is 19.8. The number of aliphatic hydroxyl groups is 1. The Hall–Kier alpha value is -1.92. The van der Waals surface area contributed by atoms with Gasteiger partial charge < -0.3 is 19.1 Å². The summed E-state index contributed by atoms with van der Waals surface area (Å²) in [4.78, 5) is 24.7. The van der Waals surface area contributed by atoms with Gasteiger partial charge in [-0.05, 0) is 12.5 Å². The van der Waals surface area contributed by atoms with Gasteiger partial charge in [0.1, 0.15) is 12.0 Å². The second kappa shape index (κ2) is 8.40. The summed E-state index contributed by atoms with van der Waals surface area (Å²) in [5.74, 6) is -1.17. The van der Waals surface area contributed by atoms with Gasteiger partial charge in [-0.3, -0.25) is 4.79 Å². The first-order valence-electron chi connectivity index (χ1n) is 9.84. The molecule has 0 saturated carbocycles. The number of carbonyl (C=O) groups excluding carboxylic acids is 2. The Morgan fingerprint density at radius 2 is 1.81 bits per heavy atom. The summed E-state index contributed by atoms with van der Waals surface area (Å²) in [5, 5.41) is 9.67. The number of fused-ring (bicyclic) bond motifs is 2. The molecule has 2 aliphatic heterocycles. The van der Waals surface area contributed by atoms with Crippen LogP contribution in [0.4, 0.5) is 0 Å². The quantitative estimate of drug-likeness (QED) is 0.582. The van der Waals surface area contributed by atoms with Crippen molar-refractivity contribution in [2.45, 2.75) is 56.7 Å². The van der Waals surface area contributed by atoms with E-state index in [1.807, 2.05) is 37.3 Å². The standard InChI is InChI=1S/C21H30NO5/c1-3-26-20(24)13-22(2)16-9-10-17(22)12-18(11-16)27-21(25)19(14-23)15-7-5-4-6-8-15/h4-8,16-19,23H,3,9-14H2,1-2H3/q+1/t16-,17-,18?,19-,22?/m0/s1. The maximum Gasteiger partial charge on any atom is 0.361 e. The zero-order valence-electron chi connectivity index (χ0n) is 16.2. The molecule has 0 radical (unpaired) electrons. The third-order valence-corrected chi connectivity index (χ3v) is 6.30. The van der Waals surface area contributed by atoms with Crippen LogP contribution in [0, 0.1) is 0 Å². The van der Waals surface area contributed by atoms with Gasteiger partial charge in [-0.15, -0.1) is 0 Å². The van der Waals surface area contributed by atoms with Crippen LogP contribution in [0.25, 0.3) is 0 Å². The summed E-state index contributed by atoms with van der Waals surface area (Å²) in [6.45, 7) is 2.34. The number of benzene rings is 1. The fraction of sp³-hybridized carbons (Fsp3) is 0.619. The molecule has 2 saturated heterocycles. The smallest absolute Gasteiger partial charge is 0.361 e. The highest BCUT2D eigenvalue weighted by Gasteiger charge is 2.53. The number of ether oxygens (including phenoxy) is 2. The van der Waals surface area contributed by atoms with Gasteiger partial charge in [0.25, 0.3) is 0 Å². The average Bonchev–Trinajstić information content (AvgIpc) is 2.81. The number of aliphatic hydroxyl groups excluding tert-OH is 1. The van der Waals surface area contributed by atoms with Crippen LogP contribution in [0.2, 0.25) is 0 Å². The number of quaternary nitrogens is 1. The zero-order valence-corrected chi connectivity index (χ0v) is 16.2. The number of hydrogen-bond donors (Lipinski definition) is 1. The van der Waals surface area contributed by atoms with Crippen LogP contribution < -0.4 is 0 Å². The average molecular weight is 376 g/mol. The lowest BCUT2D eigenvalue weighted by atomic mass is 9.95. The van der Waals surface area contributed by atoms with Crippen molar-refractivity contribution in [3.05, 3.63) is 35.9 Å². The molecule has 2 heterocycles. The minimum Gasteiger partial charge on any atom is -0.462 e. The van der Waals surface area contributed by atoms with Crippen molar-refractivity contribution in [2.75, 3.05) is 26.8 Å². The molecule has 1 N–H and O–H groups in total. The topological polar surface area (TPSA) is 72.8 Å². The van der Waals surface area contributed by atoms with E-state index < -0.39 is 5.92 Å². The van der Waals surface area contributed by atoms with E-state index in [9.17, 15) is 14.7 Å². The van der Waals surface area contributed by atoms with E-state index in [1.165, 1.54) is 0 Å². The lowest BCUT2D eigenvalue weighted by Gasteiger charge is -2.46. The predicted molar refractivity (Wildman–Crippen MR) is 99.9 cm³/mol. The third-order valence-electron chi connectivity index (χ3n) is 6.30. The Balaban J connectivity index is 1.63. The molecular formula is C21H30NO5+. The highest BCUT2D eigenvalue weighted by atomic mass is 16.5. The van der Waals surface area contributed by atoms with E-state index in [4.69, 9.17) is 9.47 Å². The second-order valence-corrected chi connectivity index (χ2v) is 7.87. The fourth-order valence-electron chi connectivity index (χ4n) is 4.78. The van der Waals surface area contributed by atoms with Crippen molar-refractivity contribution in [1.29, 1.82) is 0 Å². The molecule has 0 amide bonds. The van der Waals surface area contributed by atoms with E-state index in [0.717, 1.165) is 31.2 Å². The normalized spacial score (nSPS) is 30.6. The highest BCUT2D eigenvalue weighted by molar-refractivity contribution is 5.78. The molecule has 0 aliphatic carbocycles. The van der Waals surface area contributed by atoms with E-state index in [1.54, 1.807) is 0 Å². The molecule has 6 heteroatoms. The number of piperidine rings is 1. The molecule has 3 rings (SSSR count). The Labute approximate surface area is 160 Å². The van der Waals surface area contributed by atoms with Crippen LogP contribution in [0.3, 0.4) is 0 Å². The van der Waals surface area contributed by atoms with Gasteiger partial charge in [-0.2, -0.15) is 0 Å². The van der Waals surface area contributed by atoms with Crippen molar-refractivity contribution >= 4 is 11.9 Å². The molecule has 2 aliphatic rings. The Kier molecular flexibility index (Phi) is 6.17. The molecular weight excluding hydrogens is 346 g/mol. The summed E-state index contributed by atoms with van der Waals surface area (Å²) in [7, 11) is 2.12. The third kappa shape index (κ3) is 4.17. The molecule has 1 aromatic rings. The lowest BCUT2D eigenvalue weighted by Crippen LogP contribution is -2.61. The van der Waals surface area contributed by atoms with Crippen molar-refractivity contribution in [2.24, 2.45) is 0 Å². The van der Waals surface area contributed by atoms with Gasteiger partial charge >= 0.3 is 11.9 Å². The fourth-order valence-corrected chi connectivity index (χ4v) is 4.78. The summed E-state index contributed by atoms with van der Waals surface area (Å²) in [6, 6.07) is 9.85. The molecule has 1 aromatic carbocycles. The first-order chi connectivity index (χ1) is 13.0. The van der Waals surface area contributed by atoms with Crippen LogP contribution in [0.15, 0.2) is 30.3 Å². The van der Waals surface area contributed by atoms with Crippen LogP contribution in [-0.2, 0) is 19.1 Å². The second-order valence-electron chi connectivity index (χ2n) is 7.87. The van der Waals surface area contributed by atoms with Crippen molar-refractivity contribution in [3.8, 4) is 0 Å². The van der Waals surface area contributed by atoms with Gasteiger partial charge in [0, 0.05) is 25.7 Å². The Morgan fingerprint density at radius 1 is 1.19 bits per heavy atom. The summed E-state index contributed by atoms with van der Waals surface area (Å²) >= 11 is 0. The summed E-state index contributed by atoms with van der Waals surface area (Å²) in [6.07, 6.45) is 3.44. The van der Waals surface area contributed by atoms with Crippen LogP contribution in [0.5, 0.6) is 0 Å². The molecule has 3 atom stereocenters. The van der Waals surface area contributed by atoms with Gasteiger partial charge in [-0.25, -0.2) is 4.79 Å². The highest BCUT2D eigenvalue weighted by Crippen LogP contribution is 2.42.